The molecular weight excluding hydrogens is 380 g/mol. The number of aromatic nitrogens is 2. The average Bonchev–Trinajstić information content (AvgIpc) is 2.94. The maximum atomic E-state index is 12.5. The van der Waals surface area contributed by atoms with E-state index in [-0.39, 0.29) is 23.2 Å². The van der Waals surface area contributed by atoms with Gasteiger partial charge in [-0.1, -0.05) is 11.6 Å². The zero-order chi connectivity index (χ0) is 18.7. The molecule has 0 spiro atoms. The third-order valence-corrected chi connectivity index (χ3v) is 5.90. The Bertz CT molecular complexity index is 936. The van der Waals surface area contributed by atoms with Crippen molar-refractivity contribution >= 4 is 38.9 Å². The highest BCUT2D eigenvalue weighted by atomic mass is 35.5. The lowest BCUT2D eigenvalue weighted by Gasteiger charge is -2.13. The molecule has 3 rings (SSSR count). The number of sulfone groups is 1. The fraction of sp³-hybridized carbons (Fsp3) is 0.312. The summed E-state index contributed by atoms with van der Waals surface area (Å²) in [6, 6.07) is 6.11. The molecule has 1 amide bonds. The Morgan fingerprint density at radius 1 is 1.31 bits per heavy atom. The van der Waals surface area contributed by atoms with Gasteiger partial charge in [0.1, 0.15) is 23.6 Å². The number of hydrogen-bond donors (Lipinski definition) is 2. The molecule has 2 N–H and O–H groups in total. The Labute approximate surface area is 155 Å². The molecule has 2 heterocycles. The maximum absolute atomic E-state index is 12.5. The number of nitrogens with zero attached hydrogens (tertiary/aromatic N) is 2. The Kier molecular flexibility index (Phi) is 5.28. The first-order valence-corrected chi connectivity index (χ1v) is 10.00. The van der Waals surface area contributed by atoms with Crippen LogP contribution in [0.2, 0.25) is 5.02 Å². The lowest BCUT2D eigenvalue weighted by molar-refractivity contribution is 0.102. The SMILES string of the molecule is COc1ccc(Cl)cc1NC(=O)c1cc(NC2CCS(=O)(=O)C2)ncn1. The van der Waals surface area contributed by atoms with Crippen LogP contribution in [-0.2, 0) is 9.84 Å². The van der Waals surface area contributed by atoms with Crippen molar-refractivity contribution in [2.75, 3.05) is 29.2 Å². The monoisotopic (exact) mass is 396 g/mol. The Hall–Kier alpha value is -2.39. The van der Waals surface area contributed by atoms with Crippen LogP contribution in [0.25, 0.3) is 0 Å². The summed E-state index contributed by atoms with van der Waals surface area (Å²) < 4.78 is 28.3. The second-order valence-corrected chi connectivity index (χ2v) is 8.50. The zero-order valence-electron chi connectivity index (χ0n) is 13.9. The minimum Gasteiger partial charge on any atom is -0.495 e. The Morgan fingerprint density at radius 3 is 2.81 bits per heavy atom. The van der Waals surface area contributed by atoms with Crippen molar-refractivity contribution in [3.05, 3.63) is 41.3 Å². The molecule has 0 saturated carbocycles. The van der Waals surface area contributed by atoms with Crippen LogP contribution in [0.4, 0.5) is 11.5 Å². The summed E-state index contributed by atoms with van der Waals surface area (Å²) in [5.41, 5.74) is 0.547. The smallest absolute Gasteiger partial charge is 0.274 e. The van der Waals surface area contributed by atoms with E-state index in [4.69, 9.17) is 16.3 Å². The van der Waals surface area contributed by atoms with Crippen LogP contribution in [0.5, 0.6) is 5.75 Å². The van der Waals surface area contributed by atoms with Gasteiger partial charge >= 0.3 is 0 Å². The first-order valence-electron chi connectivity index (χ1n) is 7.80. The molecular formula is C16H17ClN4O4S. The molecule has 0 radical (unpaired) electrons. The van der Waals surface area contributed by atoms with Crippen molar-refractivity contribution in [2.24, 2.45) is 0 Å². The number of benzene rings is 1. The summed E-state index contributed by atoms with van der Waals surface area (Å²) in [6.07, 6.45) is 1.75. The van der Waals surface area contributed by atoms with Crippen LogP contribution in [0.15, 0.2) is 30.6 Å². The van der Waals surface area contributed by atoms with Crippen LogP contribution < -0.4 is 15.4 Å². The van der Waals surface area contributed by atoms with Gasteiger partial charge in [-0.15, -0.1) is 0 Å². The Balaban J connectivity index is 1.73. The molecule has 2 aromatic rings. The topological polar surface area (TPSA) is 110 Å². The van der Waals surface area contributed by atoms with Crippen molar-refractivity contribution in [3.63, 3.8) is 0 Å². The minimum absolute atomic E-state index is 0.0538. The first kappa shape index (κ1) is 18.4. The maximum Gasteiger partial charge on any atom is 0.274 e. The molecule has 0 bridgehead atoms. The van der Waals surface area contributed by atoms with Crippen molar-refractivity contribution < 1.29 is 17.9 Å². The number of rotatable bonds is 5. The van der Waals surface area contributed by atoms with Crippen LogP contribution in [0.1, 0.15) is 16.9 Å². The highest BCUT2D eigenvalue weighted by molar-refractivity contribution is 7.91. The van der Waals surface area contributed by atoms with Crippen molar-refractivity contribution in [3.8, 4) is 5.75 Å². The van der Waals surface area contributed by atoms with Crippen molar-refractivity contribution in [1.29, 1.82) is 0 Å². The van der Waals surface area contributed by atoms with E-state index in [1.165, 1.54) is 19.5 Å². The number of anilines is 2. The number of nitrogens with one attached hydrogen (secondary N) is 2. The molecule has 1 atom stereocenters. The summed E-state index contributed by atoms with van der Waals surface area (Å²) >= 11 is 5.96. The second kappa shape index (κ2) is 7.46. The molecule has 26 heavy (non-hydrogen) atoms. The third kappa shape index (κ3) is 4.41. The molecule has 1 aromatic carbocycles. The Morgan fingerprint density at radius 2 is 2.12 bits per heavy atom. The normalized spacial score (nSPS) is 18.3. The fourth-order valence-electron chi connectivity index (χ4n) is 2.64. The van der Waals surface area contributed by atoms with E-state index in [1.54, 1.807) is 18.2 Å². The van der Waals surface area contributed by atoms with E-state index >= 15 is 0 Å². The van der Waals surface area contributed by atoms with E-state index in [2.05, 4.69) is 20.6 Å². The van der Waals surface area contributed by atoms with E-state index < -0.39 is 15.7 Å². The average molecular weight is 397 g/mol. The van der Waals surface area contributed by atoms with Gasteiger partial charge in [0, 0.05) is 17.1 Å². The third-order valence-electron chi connectivity index (χ3n) is 3.89. The lowest BCUT2D eigenvalue weighted by atomic mass is 10.2. The van der Waals surface area contributed by atoms with Gasteiger partial charge < -0.3 is 15.4 Å². The number of amides is 1. The number of carbonyl (C=O) groups excluding carboxylic acids is 1. The first-order chi connectivity index (χ1) is 12.4. The predicted octanol–water partition coefficient (Wildman–Crippen LogP) is 1.99. The summed E-state index contributed by atoms with van der Waals surface area (Å²) in [5.74, 6) is 0.599. The molecule has 138 valence electrons. The van der Waals surface area contributed by atoms with Gasteiger partial charge in [-0.25, -0.2) is 18.4 Å². The van der Waals surface area contributed by atoms with E-state index in [0.29, 0.717) is 28.7 Å². The molecule has 1 aliphatic heterocycles. The molecule has 1 aromatic heterocycles. The molecule has 1 saturated heterocycles. The molecule has 1 aliphatic rings. The largest absolute Gasteiger partial charge is 0.495 e. The van der Waals surface area contributed by atoms with Gasteiger partial charge in [-0.05, 0) is 24.6 Å². The van der Waals surface area contributed by atoms with Gasteiger partial charge in [-0.2, -0.15) is 0 Å². The van der Waals surface area contributed by atoms with Gasteiger partial charge in [0.05, 0.1) is 24.3 Å². The van der Waals surface area contributed by atoms with Crippen molar-refractivity contribution in [2.45, 2.75) is 12.5 Å². The van der Waals surface area contributed by atoms with Gasteiger partial charge in [0.25, 0.3) is 5.91 Å². The molecule has 0 aliphatic carbocycles. The van der Waals surface area contributed by atoms with E-state index in [0.717, 1.165) is 0 Å². The number of hydrogen-bond acceptors (Lipinski definition) is 7. The van der Waals surface area contributed by atoms with Gasteiger partial charge in [0.2, 0.25) is 0 Å². The number of carbonyl (C=O) groups is 1. The number of methoxy groups -OCH3 is 1. The molecule has 8 nitrogen and oxygen atoms in total. The molecule has 1 fully saturated rings. The van der Waals surface area contributed by atoms with Crippen LogP contribution in [-0.4, -0.2) is 49.0 Å². The standard InChI is InChI=1S/C16H17ClN4O4S/c1-25-14-3-2-10(17)6-12(14)21-16(22)13-7-15(19-9-18-13)20-11-4-5-26(23,24)8-11/h2-3,6-7,9,11H,4-5,8H2,1H3,(H,21,22)(H,18,19,20). The second-order valence-electron chi connectivity index (χ2n) is 5.83. The van der Waals surface area contributed by atoms with Crippen LogP contribution in [0.3, 0.4) is 0 Å². The van der Waals surface area contributed by atoms with Crippen LogP contribution in [0, 0.1) is 0 Å². The number of halogens is 1. The summed E-state index contributed by atoms with van der Waals surface area (Å²) in [7, 11) is -1.52. The van der Waals surface area contributed by atoms with Crippen LogP contribution >= 0.6 is 11.6 Å². The summed E-state index contributed by atoms with van der Waals surface area (Å²) in [4.78, 5) is 20.5. The minimum atomic E-state index is -3.01. The summed E-state index contributed by atoms with van der Waals surface area (Å²) in [6.45, 7) is 0. The van der Waals surface area contributed by atoms with Crippen molar-refractivity contribution in [1.82, 2.24) is 9.97 Å². The number of ether oxygens (including phenoxy) is 1. The highest BCUT2D eigenvalue weighted by Crippen LogP contribution is 2.28. The van der Waals surface area contributed by atoms with E-state index in [9.17, 15) is 13.2 Å². The quantitative estimate of drug-likeness (QED) is 0.795. The summed E-state index contributed by atoms with van der Waals surface area (Å²) in [5, 5.41) is 6.17. The van der Waals surface area contributed by atoms with Gasteiger partial charge in [0.15, 0.2) is 9.84 Å². The van der Waals surface area contributed by atoms with E-state index in [1.807, 2.05) is 0 Å². The molecule has 1 unspecified atom stereocenters. The fourth-order valence-corrected chi connectivity index (χ4v) is 4.49. The molecule has 10 heteroatoms. The predicted molar refractivity (Wildman–Crippen MR) is 98.7 cm³/mol. The zero-order valence-corrected chi connectivity index (χ0v) is 15.5. The van der Waals surface area contributed by atoms with Gasteiger partial charge in [-0.3, -0.25) is 4.79 Å². The highest BCUT2D eigenvalue weighted by Gasteiger charge is 2.28. The lowest BCUT2D eigenvalue weighted by Crippen LogP contribution is -2.22.